The Morgan fingerprint density at radius 1 is 1.09 bits per heavy atom. The molecule has 1 heterocycles. The maximum absolute atomic E-state index is 12.9. The van der Waals surface area contributed by atoms with Gasteiger partial charge in [-0.1, -0.05) is 41.2 Å². The molecule has 3 rings (SSSR count). The Morgan fingerprint density at radius 2 is 1.73 bits per heavy atom. The van der Waals surface area contributed by atoms with E-state index in [2.05, 4.69) is 24.7 Å². The molecule has 0 radical (unpaired) electrons. The van der Waals surface area contributed by atoms with Crippen molar-refractivity contribution in [2.45, 2.75) is 18.4 Å². The molecule has 0 aliphatic rings. The topological polar surface area (TPSA) is 71.7 Å². The first-order valence-electron chi connectivity index (χ1n) is 10.0. The number of nitrogens with zero attached hydrogens (tertiary/aromatic N) is 3. The van der Waals surface area contributed by atoms with Crippen LogP contribution in [-0.2, 0) is 16.6 Å². The summed E-state index contributed by atoms with van der Waals surface area (Å²) in [4.78, 5) is 17.8. The number of rotatable bonds is 9. The maximum Gasteiger partial charge on any atom is 0.279 e. The van der Waals surface area contributed by atoms with E-state index in [-0.39, 0.29) is 23.5 Å². The zero-order valence-electron chi connectivity index (χ0n) is 18.2. The molecule has 0 spiro atoms. The number of benzene rings is 2. The summed E-state index contributed by atoms with van der Waals surface area (Å²) in [7, 11) is -3.74. The lowest BCUT2D eigenvalue weighted by atomic mass is 10.2. The predicted molar refractivity (Wildman–Crippen MR) is 135 cm³/mol. The molecule has 3 aromatic rings. The number of thiazole rings is 1. The fourth-order valence-corrected chi connectivity index (χ4v) is 5.96. The molecule has 172 valence electrons. The Balaban J connectivity index is 2.00. The number of aromatic nitrogens is 1. The molecule has 0 saturated heterocycles. The fourth-order valence-electron chi connectivity index (χ4n) is 3.33. The molecule has 2 aromatic carbocycles. The third-order valence-corrected chi connectivity index (χ3v) is 8.24. The first-order valence-corrected chi connectivity index (χ1v) is 12.7. The summed E-state index contributed by atoms with van der Waals surface area (Å²) in [5, 5.41) is 0.634. The number of aryl methyl sites for hydroxylation is 1. The summed E-state index contributed by atoms with van der Waals surface area (Å²) in [6.07, 6.45) is 4.75. The molecule has 0 aliphatic heterocycles. The van der Waals surface area contributed by atoms with Crippen molar-refractivity contribution in [3.05, 3.63) is 95.3 Å². The summed E-state index contributed by atoms with van der Waals surface area (Å²) in [5.41, 5.74) is 2.09. The van der Waals surface area contributed by atoms with Crippen LogP contribution in [0.3, 0.4) is 0 Å². The molecule has 0 bridgehead atoms. The van der Waals surface area contributed by atoms with Crippen molar-refractivity contribution in [1.29, 1.82) is 0 Å². The second-order valence-electron chi connectivity index (χ2n) is 7.14. The van der Waals surface area contributed by atoms with Crippen LogP contribution < -0.4 is 4.80 Å². The van der Waals surface area contributed by atoms with Crippen molar-refractivity contribution in [2.75, 3.05) is 13.1 Å². The van der Waals surface area contributed by atoms with E-state index < -0.39 is 15.9 Å². The number of halogens is 1. The average Bonchev–Trinajstić information content (AvgIpc) is 3.14. The van der Waals surface area contributed by atoms with Crippen LogP contribution in [0, 0.1) is 6.92 Å². The molecule has 6 nitrogen and oxygen atoms in total. The largest absolute Gasteiger partial charge is 0.312 e. The summed E-state index contributed by atoms with van der Waals surface area (Å²) in [6.45, 7) is 13.7. The van der Waals surface area contributed by atoms with Crippen molar-refractivity contribution >= 4 is 49.1 Å². The summed E-state index contributed by atoms with van der Waals surface area (Å²) < 4.78 is 29.8. The monoisotopic (exact) mass is 501 g/mol. The lowest BCUT2D eigenvalue weighted by Crippen LogP contribution is -2.31. The molecular weight excluding hydrogens is 478 g/mol. The third kappa shape index (κ3) is 5.09. The van der Waals surface area contributed by atoms with Crippen LogP contribution in [0.4, 0.5) is 0 Å². The highest BCUT2D eigenvalue weighted by molar-refractivity contribution is 7.89. The Bertz CT molecular complexity index is 1390. The zero-order valence-corrected chi connectivity index (χ0v) is 20.6. The Hall–Kier alpha value is -2.78. The number of allylic oxidation sites excluding steroid dienone is 1. The number of carbonyl (C=O) groups excluding carboxylic acids is 1. The number of sulfonamides is 1. The van der Waals surface area contributed by atoms with Gasteiger partial charge in [0.1, 0.15) is 0 Å². The van der Waals surface area contributed by atoms with Crippen LogP contribution in [0.5, 0.6) is 0 Å². The number of hydrogen-bond acceptors (Lipinski definition) is 4. The average molecular weight is 502 g/mol. The van der Waals surface area contributed by atoms with Gasteiger partial charge in [0.2, 0.25) is 10.0 Å². The fraction of sp³-hybridized carbons (Fsp3) is 0.167. The zero-order chi connectivity index (χ0) is 24.2. The quantitative estimate of drug-likeness (QED) is 0.389. The van der Waals surface area contributed by atoms with Gasteiger partial charge in [-0.2, -0.15) is 9.30 Å². The van der Waals surface area contributed by atoms with Gasteiger partial charge in [0.05, 0.1) is 15.1 Å². The van der Waals surface area contributed by atoms with Crippen molar-refractivity contribution in [1.82, 2.24) is 8.87 Å². The van der Waals surface area contributed by atoms with Crippen LogP contribution in [0.1, 0.15) is 15.9 Å². The first-order chi connectivity index (χ1) is 15.7. The molecule has 1 aromatic heterocycles. The van der Waals surface area contributed by atoms with Gasteiger partial charge in [-0.15, -0.1) is 19.7 Å². The van der Waals surface area contributed by atoms with Crippen molar-refractivity contribution in [3.63, 3.8) is 0 Å². The molecule has 33 heavy (non-hydrogen) atoms. The van der Waals surface area contributed by atoms with Crippen molar-refractivity contribution in [3.8, 4) is 0 Å². The Labute approximate surface area is 202 Å². The minimum absolute atomic E-state index is 0.0802. The van der Waals surface area contributed by atoms with Gasteiger partial charge >= 0.3 is 0 Å². The lowest BCUT2D eigenvalue weighted by Gasteiger charge is -2.19. The smallest absolute Gasteiger partial charge is 0.279 e. The van der Waals surface area contributed by atoms with Gasteiger partial charge in [-0.05, 0) is 48.9 Å². The molecule has 0 fully saturated rings. The van der Waals surface area contributed by atoms with Gasteiger partial charge in [0, 0.05) is 30.2 Å². The molecule has 1 amide bonds. The molecule has 0 unspecified atom stereocenters. The lowest BCUT2D eigenvalue weighted by molar-refractivity contribution is 0.0997. The van der Waals surface area contributed by atoms with E-state index >= 15 is 0 Å². The molecule has 0 N–H and O–H groups in total. The van der Waals surface area contributed by atoms with Crippen molar-refractivity contribution in [2.24, 2.45) is 4.99 Å². The summed E-state index contributed by atoms with van der Waals surface area (Å²) in [6, 6.07) is 9.46. The highest BCUT2D eigenvalue weighted by atomic mass is 35.5. The maximum atomic E-state index is 12.9. The van der Waals surface area contributed by atoms with E-state index in [1.165, 1.54) is 52.1 Å². The van der Waals surface area contributed by atoms with Crippen LogP contribution in [0.25, 0.3) is 10.2 Å². The number of fused-ring (bicyclic) bond motifs is 1. The van der Waals surface area contributed by atoms with Gasteiger partial charge < -0.3 is 4.57 Å². The van der Waals surface area contributed by atoms with E-state index in [1.807, 2.05) is 23.6 Å². The minimum atomic E-state index is -3.74. The second-order valence-corrected chi connectivity index (χ2v) is 10.5. The van der Waals surface area contributed by atoms with Gasteiger partial charge in [0.25, 0.3) is 5.91 Å². The van der Waals surface area contributed by atoms with E-state index in [1.54, 1.807) is 6.08 Å². The minimum Gasteiger partial charge on any atom is -0.312 e. The van der Waals surface area contributed by atoms with E-state index in [0.717, 1.165) is 15.8 Å². The number of amides is 1. The standard InChI is InChI=1S/C24H24ClN3O3S2/c1-5-14-27(15-6-2)33(30,31)19-10-8-18(9-11-19)23(29)26-24-28(16-7-3)22-17(4)20(25)12-13-21(22)32-24/h5-13H,1-3,14-16H2,4H3. The highest BCUT2D eigenvalue weighted by Crippen LogP contribution is 2.27. The van der Waals surface area contributed by atoms with Crippen LogP contribution in [0.2, 0.25) is 5.02 Å². The first kappa shape index (κ1) is 24.9. The Kier molecular flexibility index (Phi) is 7.86. The van der Waals surface area contributed by atoms with E-state index in [4.69, 9.17) is 11.6 Å². The van der Waals surface area contributed by atoms with Gasteiger partial charge in [-0.3, -0.25) is 4.79 Å². The molecule has 0 atom stereocenters. The highest BCUT2D eigenvalue weighted by Gasteiger charge is 2.22. The van der Waals surface area contributed by atoms with Gasteiger partial charge in [-0.25, -0.2) is 8.42 Å². The SMILES string of the molecule is C=CCN(CC=C)S(=O)(=O)c1ccc(C(=O)N=c2sc3ccc(Cl)c(C)c3n2CC=C)cc1. The summed E-state index contributed by atoms with van der Waals surface area (Å²) >= 11 is 7.67. The molecule has 0 aliphatic carbocycles. The normalized spacial score (nSPS) is 12.3. The number of carbonyl (C=O) groups is 1. The summed E-state index contributed by atoms with van der Waals surface area (Å²) in [5.74, 6) is -0.471. The molecular formula is C24H24ClN3O3S2. The van der Waals surface area contributed by atoms with Crippen LogP contribution >= 0.6 is 22.9 Å². The number of hydrogen-bond donors (Lipinski definition) is 0. The Morgan fingerprint density at radius 3 is 2.30 bits per heavy atom. The van der Waals surface area contributed by atoms with Crippen LogP contribution in [-0.4, -0.2) is 36.3 Å². The van der Waals surface area contributed by atoms with E-state index in [9.17, 15) is 13.2 Å². The van der Waals surface area contributed by atoms with E-state index in [0.29, 0.717) is 16.4 Å². The van der Waals surface area contributed by atoms with Gasteiger partial charge in [0.15, 0.2) is 4.80 Å². The molecule has 9 heteroatoms. The van der Waals surface area contributed by atoms with Crippen molar-refractivity contribution < 1.29 is 13.2 Å². The molecule has 0 saturated carbocycles. The third-order valence-electron chi connectivity index (χ3n) is 4.94. The predicted octanol–water partition coefficient (Wildman–Crippen LogP) is 4.95. The second kappa shape index (κ2) is 10.4. The van der Waals surface area contributed by atoms with Crippen LogP contribution in [0.15, 0.2) is 84.3 Å².